The maximum Gasteiger partial charge on any atom is 0.238 e. The molecule has 0 unspecified atom stereocenters. The zero-order valence-corrected chi connectivity index (χ0v) is 34.0. The predicted octanol–water partition coefficient (Wildman–Crippen LogP) is 14.8. The van der Waals surface area contributed by atoms with Gasteiger partial charge >= 0.3 is 0 Å². The van der Waals surface area contributed by atoms with Crippen LogP contribution in [0.2, 0.25) is 0 Å². The molecule has 62 heavy (non-hydrogen) atoms. The van der Waals surface area contributed by atoms with E-state index in [-0.39, 0.29) is 5.41 Å². The molecule has 290 valence electrons. The predicted molar refractivity (Wildman–Crippen MR) is 256 cm³/mol. The molecule has 0 aliphatic heterocycles. The number of nitrogens with zero attached hydrogens (tertiary/aromatic N) is 4. The molecular weight excluding hydrogens is 757 g/mol. The Morgan fingerprint density at radius 2 is 1.11 bits per heavy atom. The summed E-state index contributed by atoms with van der Waals surface area (Å²) >= 11 is 0. The van der Waals surface area contributed by atoms with Crippen molar-refractivity contribution in [3.05, 3.63) is 193 Å². The zero-order chi connectivity index (χ0) is 40.8. The highest BCUT2D eigenvalue weighted by Crippen LogP contribution is 2.51. The fraction of sp³-hybridized carbons (Fsp3) is 0.0526. The Kier molecular flexibility index (Phi) is 6.57. The van der Waals surface area contributed by atoms with Gasteiger partial charge in [-0.15, -0.1) is 0 Å². The summed E-state index contributed by atoms with van der Waals surface area (Å²) in [5, 5.41) is 11.5. The third-order valence-corrected chi connectivity index (χ3v) is 13.7. The Labute approximate surface area is 355 Å². The van der Waals surface area contributed by atoms with Gasteiger partial charge < -0.3 is 8.98 Å². The van der Waals surface area contributed by atoms with Gasteiger partial charge in [0.05, 0.1) is 33.1 Å². The van der Waals surface area contributed by atoms with Gasteiger partial charge in [-0.05, 0) is 80.2 Å². The molecule has 13 aromatic rings. The molecule has 9 aromatic carbocycles. The molecule has 14 rings (SSSR count). The van der Waals surface area contributed by atoms with Gasteiger partial charge in [-0.1, -0.05) is 159 Å². The molecule has 4 aromatic heterocycles. The van der Waals surface area contributed by atoms with E-state index in [1.807, 2.05) is 12.1 Å². The molecule has 0 amide bonds. The van der Waals surface area contributed by atoms with Gasteiger partial charge in [0.15, 0.2) is 0 Å². The second-order valence-electron chi connectivity index (χ2n) is 17.3. The van der Waals surface area contributed by atoms with Gasteiger partial charge in [0.2, 0.25) is 11.7 Å². The average Bonchev–Trinajstić information content (AvgIpc) is 4.04. The van der Waals surface area contributed by atoms with Crippen LogP contribution in [0.25, 0.3) is 121 Å². The Bertz CT molecular complexity index is 4070. The number of hydrogen-bond acceptors (Lipinski definition) is 3. The lowest BCUT2D eigenvalue weighted by Gasteiger charge is -2.21. The monoisotopic (exact) mass is 792 g/mol. The van der Waals surface area contributed by atoms with E-state index in [1.54, 1.807) is 0 Å². The van der Waals surface area contributed by atoms with Gasteiger partial charge in [-0.2, -0.15) is 4.98 Å². The first-order valence-corrected chi connectivity index (χ1v) is 21.3. The fourth-order valence-corrected chi connectivity index (χ4v) is 11.0. The van der Waals surface area contributed by atoms with Crippen LogP contribution in [0.15, 0.2) is 186 Å². The smallest absolute Gasteiger partial charge is 0.238 e. The molecule has 5 nitrogen and oxygen atoms in total. The number of aromatic nitrogens is 4. The third kappa shape index (κ3) is 4.31. The first-order chi connectivity index (χ1) is 30.5. The molecule has 0 atom stereocenters. The van der Waals surface area contributed by atoms with Crippen molar-refractivity contribution in [3.8, 4) is 34.0 Å². The van der Waals surface area contributed by atoms with E-state index in [4.69, 9.17) is 14.4 Å². The topological polar surface area (TPSA) is 48.8 Å². The lowest BCUT2D eigenvalue weighted by Crippen LogP contribution is -2.14. The zero-order valence-electron chi connectivity index (χ0n) is 34.0. The average molecular weight is 793 g/mol. The quantitative estimate of drug-likeness (QED) is 0.179. The summed E-state index contributed by atoms with van der Waals surface area (Å²) in [5.41, 5.74) is 13.7. The maximum absolute atomic E-state index is 6.74. The van der Waals surface area contributed by atoms with Crippen molar-refractivity contribution < 1.29 is 4.42 Å². The molecule has 0 saturated carbocycles. The summed E-state index contributed by atoms with van der Waals surface area (Å²) in [7, 11) is 0. The normalized spacial score (nSPS) is 13.5. The van der Waals surface area contributed by atoms with Crippen LogP contribution in [0, 0.1) is 0 Å². The second-order valence-corrected chi connectivity index (χ2v) is 17.3. The first-order valence-electron chi connectivity index (χ1n) is 21.3. The van der Waals surface area contributed by atoms with Gasteiger partial charge in [0.1, 0.15) is 5.58 Å². The third-order valence-electron chi connectivity index (χ3n) is 13.7. The van der Waals surface area contributed by atoms with Crippen molar-refractivity contribution in [1.82, 2.24) is 19.1 Å². The molecular formula is C57H36N4O. The standard InChI is InChI=1S/C57H36N4O/c1-57(2)43-25-13-10-20-37(43)42-32-34(28-30-44(42)57)52-51-41-24-12-15-27-47(41)62-55(51)59-56(58-52)61-45-26-14-11-23-40(45)48-38-21-8-9-22-39(38)50-49-36-19-7-6-16-33(36)29-31-46(49)60(54(50)53(48)61)35-17-4-3-5-18-35/h3-32H,1-2H3. The van der Waals surface area contributed by atoms with E-state index in [2.05, 4.69) is 193 Å². The van der Waals surface area contributed by atoms with Crippen molar-refractivity contribution in [3.63, 3.8) is 0 Å². The van der Waals surface area contributed by atoms with E-state index in [1.165, 1.54) is 60.0 Å². The lowest BCUT2D eigenvalue weighted by molar-refractivity contribution is 0.651. The molecule has 0 radical (unpaired) electrons. The SMILES string of the molecule is CC1(C)c2ccccc2-c2cc(-c3nc(-n4c5ccccc5c5c6ccccc6c6c7c8ccccc8ccc7n(-c7ccccc7)c6c54)nc4oc5ccccc5c34)ccc21. The van der Waals surface area contributed by atoms with Crippen LogP contribution in [-0.2, 0) is 5.41 Å². The van der Waals surface area contributed by atoms with Crippen molar-refractivity contribution >= 4 is 87.2 Å². The van der Waals surface area contributed by atoms with Crippen LogP contribution in [0.5, 0.6) is 0 Å². The Balaban J connectivity index is 1.19. The van der Waals surface area contributed by atoms with Crippen LogP contribution in [-0.4, -0.2) is 19.1 Å². The van der Waals surface area contributed by atoms with Crippen molar-refractivity contribution in [2.75, 3.05) is 0 Å². The van der Waals surface area contributed by atoms with Gasteiger partial charge in [0, 0.05) is 43.6 Å². The van der Waals surface area contributed by atoms with E-state index in [0.717, 1.165) is 60.8 Å². The number of fused-ring (bicyclic) bond motifs is 18. The van der Waals surface area contributed by atoms with Crippen molar-refractivity contribution in [1.29, 1.82) is 0 Å². The highest BCUT2D eigenvalue weighted by atomic mass is 16.3. The molecule has 1 aliphatic rings. The summed E-state index contributed by atoms with van der Waals surface area (Å²) in [4.78, 5) is 11.2. The molecule has 1 aliphatic carbocycles. The highest BCUT2D eigenvalue weighted by Gasteiger charge is 2.36. The summed E-state index contributed by atoms with van der Waals surface area (Å²) < 4.78 is 11.5. The molecule has 0 bridgehead atoms. The minimum absolute atomic E-state index is 0.112. The van der Waals surface area contributed by atoms with E-state index >= 15 is 0 Å². The van der Waals surface area contributed by atoms with Gasteiger partial charge in [0.25, 0.3) is 0 Å². The van der Waals surface area contributed by atoms with Crippen molar-refractivity contribution in [2.45, 2.75) is 19.3 Å². The minimum Gasteiger partial charge on any atom is -0.437 e. The maximum atomic E-state index is 6.74. The summed E-state index contributed by atoms with van der Waals surface area (Å²) in [6.07, 6.45) is 0. The number of hydrogen-bond donors (Lipinski definition) is 0. The molecule has 5 heteroatoms. The minimum atomic E-state index is -0.112. The van der Waals surface area contributed by atoms with Gasteiger partial charge in [-0.25, -0.2) is 4.98 Å². The highest BCUT2D eigenvalue weighted by molar-refractivity contribution is 6.39. The van der Waals surface area contributed by atoms with Crippen molar-refractivity contribution in [2.24, 2.45) is 0 Å². The number of rotatable bonds is 3. The number of furan rings is 1. The molecule has 4 heterocycles. The van der Waals surface area contributed by atoms with Crippen LogP contribution in [0.3, 0.4) is 0 Å². The summed E-state index contributed by atoms with van der Waals surface area (Å²) in [6, 6.07) is 65.7. The molecule has 0 saturated heterocycles. The van der Waals surface area contributed by atoms with Crippen LogP contribution >= 0.6 is 0 Å². The number of benzene rings is 9. The fourth-order valence-electron chi connectivity index (χ4n) is 11.0. The summed E-state index contributed by atoms with van der Waals surface area (Å²) in [5.74, 6) is 0.560. The Hall–Kier alpha value is -8.02. The molecule has 0 spiro atoms. The largest absolute Gasteiger partial charge is 0.437 e. The van der Waals surface area contributed by atoms with Crippen LogP contribution in [0.4, 0.5) is 0 Å². The lowest BCUT2D eigenvalue weighted by atomic mass is 9.82. The Morgan fingerprint density at radius 3 is 1.97 bits per heavy atom. The van der Waals surface area contributed by atoms with Crippen LogP contribution in [0.1, 0.15) is 25.0 Å². The second kappa shape index (κ2) is 12.1. The van der Waals surface area contributed by atoms with Crippen LogP contribution < -0.4 is 0 Å². The van der Waals surface area contributed by atoms with E-state index in [9.17, 15) is 0 Å². The first kappa shape index (κ1) is 33.8. The number of para-hydroxylation sites is 3. The summed E-state index contributed by atoms with van der Waals surface area (Å²) in [6.45, 7) is 4.65. The van der Waals surface area contributed by atoms with E-state index in [0.29, 0.717) is 11.7 Å². The molecule has 0 N–H and O–H groups in total. The van der Waals surface area contributed by atoms with E-state index < -0.39 is 0 Å². The Morgan fingerprint density at radius 1 is 0.452 bits per heavy atom. The van der Waals surface area contributed by atoms with Gasteiger partial charge in [-0.3, -0.25) is 4.57 Å². The molecule has 0 fully saturated rings.